The van der Waals surface area contributed by atoms with Gasteiger partial charge in [0, 0.05) is 25.3 Å². The normalized spacial score (nSPS) is 11.0. The molecule has 1 N–H and O–H groups in total. The average molecular weight is 421 g/mol. The Bertz CT molecular complexity index is 1210. The summed E-state index contributed by atoms with van der Waals surface area (Å²) in [6.07, 6.45) is 0.770. The SMILES string of the molecule is CCN(CCCNC(=O)c1nc(Cn2c(=O)oc3ccccc32)no1)c1ccccc1. The van der Waals surface area contributed by atoms with Crippen LogP contribution in [0.4, 0.5) is 5.69 Å². The Hall–Kier alpha value is -3.88. The Labute approximate surface area is 178 Å². The zero-order valence-corrected chi connectivity index (χ0v) is 17.2. The predicted molar refractivity (Wildman–Crippen MR) is 115 cm³/mol. The molecule has 0 spiro atoms. The van der Waals surface area contributed by atoms with Crippen molar-refractivity contribution in [3.63, 3.8) is 0 Å². The fourth-order valence-corrected chi connectivity index (χ4v) is 3.37. The second-order valence-corrected chi connectivity index (χ2v) is 6.96. The van der Waals surface area contributed by atoms with Gasteiger partial charge in [-0.2, -0.15) is 4.98 Å². The maximum absolute atomic E-state index is 12.3. The van der Waals surface area contributed by atoms with E-state index in [1.165, 1.54) is 4.57 Å². The molecule has 0 bridgehead atoms. The molecule has 4 aromatic rings. The van der Waals surface area contributed by atoms with E-state index in [4.69, 9.17) is 8.94 Å². The third-order valence-electron chi connectivity index (χ3n) is 4.93. The number of fused-ring (bicyclic) bond motifs is 1. The lowest BCUT2D eigenvalue weighted by Crippen LogP contribution is -2.30. The first kappa shape index (κ1) is 20.4. The molecule has 9 heteroatoms. The number of benzene rings is 2. The van der Waals surface area contributed by atoms with Gasteiger partial charge in [0.15, 0.2) is 11.4 Å². The number of anilines is 1. The molecule has 2 aromatic heterocycles. The van der Waals surface area contributed by atoms with Crippen LogP contribution in [0, 0.1) is 0 Å². The average Bonchev–Trinajstić information content (AvgIpc) is 3.39. The number of hydrogen-bond acceptors (Lipinski definition) is 7. The van der Waals surface area contributed by atoms with Crippen LogP contribution in [-0.4, -0.2) is 40.2 Å². The largest absolute Gasteiger partial charge is 0.420 e. The first-order valence-corrected chi connectivity index (χ1v) is 10.1. The van der Waals surface area contributed by atoms with Crippen LogP contribution in [0.25, 0.3) is 11.1 Å². The Morgan fingerprint density at radius 3 is 2.71 bits per heavy atom. The number of hydrogen-bond donors (Lipinski definition) is 1. The van der Waals surface area contributed by atoms with E-state index in [-0.39, 0.29) is 18.3 Å². The highest BCUT2D eigenvalue weighted by molar-refractivity contribution is 5.89. The highest BCUT2D eigenvalue weighted by Gasteiger charge is 2.17. The topological polar surface area (TPSA) is 106 Å². The molecule has 2 aromatic carbocycles. The summed E-state index contributed by atoms with van der Waals surface area (Å²) in [5, 5.41) is 6.61. The molecule has 0 aliphatic heterocycles. The number of amides is 1. The van der Waals surface area contributed by atoms with Crippen molar-refractivity contribution in [2.24, 2.45) is 0 Å². The summed E-state index contributed by atoms with van der Waals surface area (Å²) in [6, 6.07) is 17.2. The van der Waals surface area contributed by atoms with Crippen molar-refractivity contribution in [2.45, 2.75) is 19.9 Å². The molecule has 0 aliphatic carbocycles. The molecule has 160 valence electrons. The lowest BCUT2D eigenvalue weighted by Gasteiger charge is -2.22. The Morgan fingerprint density at radius 2 is 1.90 bits per heavy atom. The summed E-state index contributed by atoms with van der Waals surface area (Å²) in [7, 11) is 0. The fraction of sp³-hybridized carbons (Fsp3) is 0.273. The smallest absolute Gasteiger partial charge is 0.408 e. The highest BCUT2D eigenvalue weighted by atomic mass is 16.5. The van der Waals surface area contributed by atoms with Gasteiger partial charge in [-0.3, -0.25) is 9.36 Å². The quantitative estimate of drug-likeness (QED) is 0.414. The first-order chi connectivity index (χ1) is 15.2. The molecule has 1 amide bonds. The number of carbonyl (C=O) groups excluding carboxylic acids is 1. The summed E-state index contributed by atoms with van der Waals surface area (Å²) in [5.74, 6) is -0.868. The molecule has 4 rings (SSSR count). The summed E-state index contributed by atoms with van der Waals surface area (Å²) in [4.78, 5) is 30.7. The molecule has 0 radical (unpaired) electrons. The van der Waals surface area contributed by atoms with Gasteiger partial charge in [0.25, 0.3) is 0 Å². The molecule has 0 saturated carbocycles. The van der Waals surface area contributed by atoms with Crippen molar-refractivity contribution in [3.8, 4) is 0 Å². The van der Waals surface area contributed by atoms with Gasteiger partial charge in [0.1, 0.15) is 0 Å². The molecular formula is C22H23N5O4. The van der Waals surface area contributed by atoms with Crippen LogP contribution in [-0.2, 0) is 6.54 Å². The van der Waals surface area contributed by atoms with E-state index in [1.807, 2.05) is 18.2 Å². The highest BCUT2D eigenvalue weighted by Crippen LogP contribution is 2.14. The van der Waals surface area contributed by atoms with Crippen molar-refractivity contribution in [1.29, 1.82) is 0 Å². The van der Waals surface area contributed by atoms with E-state index >= 15 is 0 Å². The number of oxazole rings is 1. The minimum Gasteiger partial charge on any atom is -0.408 e. The van der Waals surface area contributed by atoms with Crippen LogP contribution in [0.5, 0.6) is 0 Å². The van der Waals surface area contributed by atoms with Crippen LogP contribution in [0.15, 0.2) is 68.3 Å². The second-order valence-electron chi connectivity index (χ2n) is 6.96. The van der Waals surface area contributed by atoms with Crippen molar-refractivity contribution in [1.82, 2.24) is 20.0 Å². The number of carbonyl (C=O) groups is 1. The fourth-order valence-electron chi connectivity index (χ4n) is 3.37. The van der Waals surface area contributed by atoms with E-state index in [0.717, 1.165) is 25.2 Å². The summed E-state index contributed by atoms with van der Waals surface area (Å²) in [6.45, 7) is 4.32. The Kier molecular flexibility index (Phi) is 6.11. The molecule has 9 nitrogen and oxygen atoms in total. The minimum atomic E-state index is -0.518. The Morgan fingerprint density at radius 1 is 1.13 bits per heavy atom. The van der Waals surface area contributed by atoms with Gasteiger partial charge in [0.05, 0.1) is 12.1 Å². The van der Waals surface area contributed by atoms with E-state index in [9.17, 15) is 9.59 Å². The number of para-hydroxylation sites is 3. The van der Waals surface area contributed by atoms with Crippen LogP contribution in [0.1, 0.15) is 29.9 Å². The van der Waals surface area contributed by atoms with E-state index in [2.05, 4.69) is 39.4 Å². The standard InChI is InChI=1S/C22H23N5O4/c1-2-26(16-9-4-3-5-10-16)14-8-13-23-20(28)21-24-19(25-31-21)15-27-17-11-6-7-12-18(17)30-22(27)29/h3-7,9-12H,2,8,13-15H2,1H3,(H,23,28). The number of nitrogens with zero attached hydrogens (tertiary/aromatic N) is 4. The summed E-state index contributed by atoms with van der Waals surface area (Å²) in [5.41, 5.74) is 2.26. The van der Waals surface area contributed by atoms with Gasteiger partial charge >= 0.3 is 17.6 Å². The molecule has 0 fully saturated rings. The molecule has 0 atom stereocenters. The molecule has 0 saturated heterocycles. The molecule has 31 heavy (non-hydrogen) atoms. The van der Waals surface area contributed by atoms with Crippen molar-refractivity contribution in [3.05, 3.63) is 76.9 Å². The third-order valence-corrected chi connectivity index (χ3v) is 4.93. The van der Waals surface area contributed by atoms with Gasteiger partial charge in [-0.15, -0.1) is 0 Å². The van der Waals surface area contributed by atoms with Crippen molar-refractivity contribution in [2.75, 3.05) is 24.5 Å². The maximum Gasteiger partial charge on any atom is 0.420 e. The minimum absolute atomic E-state index is 0.0508. The molecule has 0 aliphatic rings. The number of nitrogens with one attached hydrogen (secondary N) is 1. The lowest BCUT2D eigenvalue weighted by atomic mass is 10.2. The van der Waals surface area contributed by atoms with Gasteiger partial charge in [0.2, 0.25) is 0 Å². The predicted octanol–water partition coefficient (Wildman–Crippen LogP) is 2.67. The zero-order valence-electron chi connectivity index (χ0n) is 17.2. The number of rotatable bonds is 9. The van der Waals surface area contributed by atoms with E-state index in [1.54, 1.807) is 24.3 Å². The lowest BCUT2D eigenvalue weighted by molar-refractivity contribution is 0.0909. The van der Waals surface area contributed by atoms with Crippen LogP contribution in [0.2, 0.25) is 0 Å². The van der Waals surface area contributed by atoms with Crippen LogP contribution < -0.4 is 16.0 Å². The van der Waals surface area contributed by atoms with Gasteiger partial charge < -0.3 is 19.2 Å². The Balaban J connectivity index is 1.31. The van der Waals surface area contributed by atoms with Gasteiger partial charge in [-0.1, -0.05) is 35.5 Å². The maximum atomic E-state index is 12.3. The monoisotopic (exact) mass is 421 g/mol. The third kappa shape index (κ3) is 4.66. The summed E-state index contributed by atoms with van der Waals surface area (Å²) < 4.78 is 11.6. The second kappa shape index (κ2) is 9.29. The van der Waals surface area contributed by atoms with Crippen LogP contribution in [0.3, 0.4) is 0 Å². The van der Waals surface area contributed by atoms with Crippen molar-refractivity contribution >= 4 is 22.7 Å². The summed E-state index contributed by atoms with van der Waals surface area (Å²) >= 11 is 0. The van der Waals surface area contributed by atoms with Gasteiger partial charge in [-0.05, 0) is 37.6 Å². The number of aromatic nitrogens is 3. The first-order valence-electron chi connectivity index (χ1n) is 10.1. The van der Waals surface area contributed by atoms with E-state index in [0.29, 0.717) is 17.6 Å². The van der Waals surface area contributed by atoms with Crippen molar-refractivity contribution < 1.29 is 13.7 Å². The van der Waals surface area contributed by atoms with Gasteiger partial charge in [-0.25, -0.2) is 4.79 Å². The molecule has 2 heterocycles. The van der Waals surface area contributed by atoms with Crippen LogP contribution >= 0.6 is 0 Å². The molecular weight excluding hydrogens is 398 g/mol. The zero-order chi connectivity index (χ0) is 21.6. The van der Waals surface area contributed by atoms with E-state index < -0.39 is 11.7 Å². The molecule has 0 unspecified atom stereocenters.